The lowest BCUT2D eigenvalue weighted by Crippen LogP contribution is -2.52. The fraction of sp³-hybridized carbons (Fsp3) is 0.536. The lowest BCUT2D eigenvalue weighted by molar-refractivity contribution is -0.150. The molecular weight excluding hydrogens is 447 g/mol. The standard InChI is InChI=1S/C28H33FN2O4/c29-21-8-4-7-20(14-21)28(33,19-5-2-1-3-6-19)27(32)30-26-22-15-31(16-23(22)26)12-11-18-9-10-24-25(13-18)35-17-34-24/h1-3,5-6,9-10,13,20-23,26,33H,4,7-8,11-12,14-17H2,(H,30,32)/t20?,21?,22-,23+,26?,28?. The van der Waals surface area contributed by atoms with Crippen molar-refractivity contribution in [3.05, 3.63) is 59.7 Å². The fourth-order valence-corrected chi connectivity index (χ4v) is 6.41. The van der Waals surface area contributed by atoms with Crippen LogP contribution in [0.5, 0.6) is 11.5 Å². The van der Waals surface area contributed by atoms with E-state index in [1.807, 2.05) is 24.3 Å². The Bertz CT molecular complexity index is 1070. The highest BCUT2D eigenvalue weighted by Crippen LogP contribution is 2.47. The number of carbonyl (C=O) groups excluding carboxylic acids is 1. The molecule has 6 atom stereocenters. The van der Waals surface area contributed by atoms with Crippen molar-refractivity contribution < 1.29 is 23.8 Å². The van der Waals surface area contributed by atoms with Crippen LogP contribution in [0.2, 0.25) is 0 Å². The summed E-state index contributed by atoms with van der Waals surface area (Å²) in [7, 11) is 0. The molecular formula is C28H33FN2O4. The molecule has 2 aliphatic heterocycles. The van der Waals surface area contributed by atoms with E-state index in [2.05, 4.69) is 22.3 Å². The number of likely N-dealkylation sites (tertiary alicyclic amines) is 1. The Kier molecular flexibility index (Phi) is 5.93. The summed E-state index contributed by atoms with van der Waals surface area (Å²) in [6.45, 7) is 3.14. The summed E-state index contributed by atoms with van der Waals surface area (Å²) < 4.78 is 25.1. The first-order chi connectivity index (χ1) is 17.0. The topological polar surface area (TPSA) is 71.0 Å². The minimum atomic E-state index is -1.69. The number of nitrogens with one attached hydrogen (secondary N) is 1. The molecule has 0 aromatic heterocycles. The zero-order chi connectivity index (χ0) is 24.0. The Morgan fingerprint density at radius 3 is 2.63 bits per heavy atom. The van der Waals surface area contributed by atoms with Gasteiger partial charge in [0.1, 0.15) is 6.17 Å². The zero-order valence-electron chi connectivity index (χ0n) is 19.9. The molecule has 186 valence electrons. The van der Waals surface area contributed by atoms with Gasteiger partial charge in [-0.25, -0.2) is 4.39 Å². The van der Waals surface area contributed by atoms with Crippen molar-refractivity contribution in [1.29, 1.82) is 0 Å². The van der Waals surface area contributed by atoms with E-state index in [0.717, 1.165) is 37.6 Å². The summed E-state index contributed by atoms with van der Waals surface area (Å²) in [5.74, 6) is 1.67. The SMILES string of the molecule is O=C(NC1[C@H]2CN(CCc3ccc4c(c3)OCO4)C[C@@H]12)C(O)(c1ccccc1)C1CCCC(F)C1. The number of hydrogen-bond donors (Lipinski definition) is 2. The van der Waals surface area contributed by atoms with Gasteiger partial charge in [0.2, 0.25) is 6.79 Å². The minimum absolute atomic E-state index is 0.0873. The molecule has 2 heterocycles. The van der Waals surface area contributed by atoms with Crippen LogP contribution in [0.15, 0.2) is 48.5 Å². The van der Waals surface area contributed by atoms with E-state index < -0.39 is 17.7 Å². The number of aliphatic hydroxyl groups is 1. The van der Waals surface area contributed by atoms with Crippen LogP contribution >= 0.6 is 0 Å². The van der Waals surface area contributed by atoms with E-state index >= 15 is 0 Å². The second-order valence-corrected chi connectivity index (χ2v) is 10.6. The molecule has 6 nitrogen and oxygen atoms in total. The monoisotopic (exact) mass is 480 g/mol. The van der Waals surface area contributed by atoms with Crippen molar-refractivity contribution in [3.8, 4) is 11.5 Å². The number of hydrogen-bond acceptors (Lipinski definition) is 5. The van der Waals surface area contributed by atoms with Crippen LogP contribution in [-0.4, -0.2) is 54.6 Å². The normalized spacial score (nSPS) is 31.0. The summed E-state index contributed by atoms with van der Waals surface area (Å²) >= 11 is 0. The third-order valence-electron chi connectivity index (χ3n) is 8.48. The fourth-order valence-electron chi connectivity index (χ4n) is 6.41. The Hall–Kier alpha value is -2.64. The third-order valence-corrected chi connectivity index (χ3v) is 8.48. The highest BCUT2D eigenvalue weighted by atomic mass is 19.1. The molecule has 0 radical (unpaired) electrons. The number of ether oxygens (including phenoxy) is 2. The first-order valence-electron chi connectivity index (χ1n) is 12.9. The van der Waals surface area contributed by atoms with Crippen molar-refractivity contribution in [3.63, 3.8) is 0 Å². The third kappa shape index (κ3) is 4.29. The largest absolute Gasteiger partial charge is 0.454 e. The highest BCUT2D eigenvalue weighted by Gasteiger charge is 2.58. The zero-order valence-corrected chi connectivity index (χ0v) is 19.9. The summed E-state index contributed by atoms with van der Waals surface area (Å²) in [6, 6.07) is 15.3. The van der Waals surface area contributed by atoms with Gasteiger partial charge in [0.25, 0.3) is 5.91 Å². The number of piperidine rings is 1. The number of alkyl halides is 1. The highest BCUT2D eigenvalue weighted by molar-refractivity contribution is 5.87. The van der Waals surface area contributed by atoms with Gasteiger partial charge in [0, 0.05) is 31.6 Å². The molecule has 2 aliphatic carbocycles. The van der Waals surface area contributed by atoms with Crippen molar-refractivity contribution in [2.24, 2.45) is 17.8 Å². The Morgan fingerprint density at radius 1 is 1.09 bits per heavy atom. The quantitative estimate of drug-likeness (QED) is 0.636. The molecule has 6 rings (SSSR count). The van der Waals surface area contributed by atoms with Crippen LogP contribution in [0.1, 0.15) is 36.8 Å². The van der Waals surface area contributed by atoms with Gasteiger partial charge in [-0.1, -0.05) is 42.8 Å². The lowest BCUT2D eigenvalue weighted by atomic mass is 9.72. The number of nitrogens with zero attached hydrogens (tertiary/aromatic N) is 1. The van der Waals surface area contributed by atoms with Crippen LogP contribution in [-0.2, 0) is 16.8 Å². The number of fused-ring (bicyclic) bond motifs is 2. The van der Waals surface area contributed by atoms with Gasteiger partial charge in [0.15, 0.2) is 17.1 Å². The molecule has 0 spiro atoms. The maximum absolute atomic E-state index is 14.2. The molecule has 4 unspecified atom stereocenters. The minimum Gasteiger partial charge on any atom is -0.454 e. The van der Waals surface area contributed by atoms with Gasteiger partial charge < -0.3 is 24.8 Å². The average Bonchev–Trinajstić information content (AvgIpc) is 3.23. The van der Waals surface area contributed by atoms with Crippen molar-refractivity contribution in [2.75, 3.05) is 26.4 Å². The molecule has 4 aliphatic rings. The molecule has 2 saturated carbocycles. The first kappa shape index (κ1) is 22.8. The predicted octanol–water partition coefficient (Wildman–Crippen LogP) is 3.42. The number of rotatable bonds is 7. The first-order valence-corrected chi connectivity index (χ1v) is 12.9. The molecule has 1 saturated heterocycles. The van der Waals surface area contributed by atoms with Crippen molar-refractivity contribution >= 4 is 5.91 Å². The van der Waals surface area contributed by atoms with E-state index in [-0.39, 0.29) is 25.2 Å². The molecule has 3 fully saturated rings. The second kappa shape index (κ2) is 9.10. The molecule has 1 amide bonds. The Balaban J connectivity index is 1.06. The molecule has 0 bridgehead atoms. The van der Waals surface area contributed by atoms with Gasteiger partial charge in [-0.2, -0.15) is 0 Å². The van der Waals surface area contributed by atoms with Crippen LogP contribution in [0, 0.1) is 17.8 Å². The van der Waals surface area contributed by atoms with E-state index in [1.54, 1.807) is 12.1 Å². The molecule has 2 aromatic rings. The summed E-state index contributed by atoms with van der Waals surface area (Å²) in [4.78, 5) is 16.0. The van der Waals surface area contributed by atoms with Gasteiger partial charge in [-0.15, -0.1) is 0 Å². The Labute approximate surface area is 205 Å². The molecule has 2 aromatic carbocycles. The van der Waals surface area contributed by atoms with Crippen LogP contribution in [0.4, 0.5) is 4.39 Å². The van der Waals surface area contributed by atoms with Gasteiger partial charge in [-0.3, -0.25) is 4.79 Å². The number of benzene rings is 2. The van der Waals surface area contributed by atoms with Crippen molar-refractivity contribution in [1.82, 2.24) is 10.2 Å². The van der Waals surface area contributed by atoms with Crippen LogP contribution in [0.3, 0.4) is 0 Å². The van der Waals surface area contributed by atoms with Crippen molar-refractivity contribution in [2.45, 2.75) is 49.9 Å². The lowest BCUT2D eigenvalue weighted by Gasteiger charge is -2.38. The van der Waals surface area contributed by atoms with Gasteiger partial charge in [-0.05, 0) is 60.8 Å². The number of amides is 1. The molecule has 2 N–H and O–H groups in total. The van der Waals surface area contributed by atoms with E-state index in [0.29, 0.717) is 36.7 Å². The molecule has 7 heteroatoms. The second-order valence-electron chi connectivity index (χ2n) is 10.6. The van der Waals surface area contributed by atoms with Crippen LogP contribution < -0.4 is 14.8 Å². The van der Waals surface area contributed by atoms with E-state index in [4.69, 9.17) is 9.47 Å². The van der Waals surface area contributed by atoms with Crippen LogP contribution in [0.25, 0.3) is 0 Å². The summed E-state index contributed by atoms with van der Waals surface area (Å²) in [5.41, 5.74) is 0.0982. The summed E-state index contributed by atoms with van der Waals surface area (Å²) in [5, 5.41) is 14.9. The van der Waals surface area contributed by atoms with Gasteiger partial charge >= 0.3 is 0 Å². The smallest absolute Gasteiger partial charge is 0.257 e. The average molecular weight is 481 g/mol. The van der Waals surface area contributed by atoms with E-state index in [1.165, 1.54) is 5.56 Å². The maximum Gasteiger partial charge on any atom is 0.257 e. The molecule has 35 heavy (non-hydrogen) atoms. The maximum atomic E-state index is 14.2. The van der Waals surface area contributed by atoms with E-state index in [9.17, 15) is 14.3 Å². The van der Waals surface area contributed by atoms with Gasteiger partial charge in [0.05, 0.1) is 0 Å². The summed E-state index contributed by atoms with van der Waals surface area (Å²) in [6.07, 6.45) is 2.07. The Morgan fingerprint density at radius 2 is 1.86 bits per heavy atom. The predicted molar refractivity (Wildman–Crippen MR) is 129 cm³/mol. The number of carbonyl (C=O) groups is 1. The number of halogens is 1.